The van der Waals surface area contributed by atoms with Gasteiger partial charge in [-0.15, -0.1) is 0 Å². The van der Waals surface area contributed by atoms with Gasteiger partial charge in [0, 0.05) is 13.2 Å². The second-order valence-corrected chi connectivity index (χ2v) is 3.70. The normalized spacial score (nSPS) is 28.1. The van der Waals surface area contributed by atoms with Gasteiger partial charge in [0.2, 0.25) is 5.91 Å². The summed E-state index contributed by atoms with van der Waals surface area (Å²) in [4.78, 5) is 11.6. The zero-order valence-corrected chi connectivity index (χ0v) is 8.25. The Morgan fingerprint density at radius 2 is 2.57 bits per heavy atom. The third-order valence-corrected chi connectivity index (χ3v) is 2.29. The first-order valence-corrected chi connectivity index (χ1v) is 4.63. The molecule has 78 valence electrons. The molecule has 0 aromatic heterocycles. The molecule has 14 heavy (non-hydrogen) atoms. The largest absolute Gasteiger partial charge is 0.379 e. The summed E-state index contributed by atoms with van der Waals surface area (Å²) in [6.07, 6.45) is 0.541. The van der Waals surface area contributed by atoms with Crippen molar-refractivity contribution >= 4 is 5.91 Å². The predicted molar refractivity (Wildman–Crippen MR) is 50.1 cm³/mol. The molecule has 1 saturated heterocycles. The minimum Gasteiger partial charge on any atom is -0.379 e. The molecule has 1 aliphatic heterocycles. The molecule has 2 unspecified atom stereocenters. The number of nitrogens with zero attached hydrogens (tertiary/aromatic N) is 1. The van der Waals surface area contributed by atoms with E-state index >= 15 is 0 Å². The first kappa shape index (κ1) is 11.0. The van der Waals surface area contributed by atoms with E-state index in [0.29, 0.717) is 19.6 Å². The number of nitrogens with one attached hydrogen (secondary N) is 1. The second-order valence-electron chi connectivity index (χ2n) is 3.70. The van der Waals surface area contributed by atoms with Gasteiger partial charge in [0.25, 0.3) is 0 Å². The van der Waals surface area contributed by atoms with Crippen LogP contribution in [-0.4, -0.2) is 31.2 Å². The summed E-state index contributed by atoms with van der Waals surface area (Å²) in [5, 5.41) is 11.2. The summed E-state index contributed by atoms with van der Waals surface area (Å²) in [6.45, 7) is 2.88. The number of carbonyl (C=O) groups excluding carboxylic acids is 1. The monoisotopic (exact) mass is 197 g/mol. The molecular weight excluding hydrogens is 182 g/mol. The van der Waals surface area contributed by atoms with Gasteiger partial charge in [-0.1, -0.05) is 0 Å². The first-order valence-electron chi connectivity index (χ1n) is 4.63. The molecule has 1 fully saturated rings. The zero-order valence-electron chi connectivity index (χ0n) is 8.25. The van der Waals surface area contributed by atoms with Crippen LogP contribution in [0.2, 0.25) is 0 Å². The fourth-order valence-electron chi connectivity index (χ4n) is 1.23. The first-order chi connectivity index (χ1) is 6.58. The van der Waals surface area contributed by atoms with Gasteiger partial charge >= 0.3 is 0 Å². The molecule has 1 aliphatic rings. The van der Waals surface area contributed by atoms with E-state index in [0.717, 1.165) is 0 Å². The predicted octanol–water partition coefficient (Wildman–Crippen LogP) is -0.620. The maximum Gasteiger partial charge on any atom is 0.242 e. The Labute approximate surface area is 83.2 Å². The van der Waals surface area contributed by atoms with Crippen molar-refractivity contribution in [3.8, 4) is 6.07 Å². The fourth-order valence-corrected chi connectivity index (χ4v) is 1.23. The molecule has 1 heterocycles. The van der Waals surface area contributed by atoms with Crippen LogP contribution in [0.1, 0.15) is 13.3 Å². The molecule has 1 amide bonds. The van der Waals surface area contributed by atoms with E-state index in [4.69, 9.17) is 15.7 Å². The number of hydrogen-bond donors (Lipinski definition) is 2. The summed E-state index contributed by atoms with van der Waals surface area (Å²) >= 11 is 0. The number of rotatable bonds is 3. The van der Waals surface area contributed by atoms with E-state index in [2.05, 4.69) is 5.32 Å². The van der Waals surface area contributed by atoms with Crippen LogP contribution in [0.4, 0.5) is 0 Å². The van der Waals surface area contributed by atoms with Crippen molar-refractivity contribution in [2.45, 2.75) is 18.9 Å². The van der Waals surface area contributed by atoms with Crippen LogP contribution in [0.5, 0.6) is 0 Å². The Kier molecular flexibility index (Phi) is 3.44. The molecule has 0 aliphatic carbocycles. The Morgan fingerprint density at radius 3 is 3.07 bits per heavy atom. The molecule has 3 N–H and O–H groups in total. The molecule has 5 nitrogen and oxygen atoms in total. The summed E-state index contributed by atoms with van der Waals surface area (Å²) in [5.74, 6) is -0.415. The Hall–Kier alpha value is -1.12. The molecule has 0 aromatic carbocycles. The van der Waals surface area contributed by atoms with E-state index in [1.54, 1.807) is 6.92 Å². The van der Waals surface area contributed by atoms with Gasteiger partial charge in [-0.2, -0.15) is 5.26 Å². The highest BCUT2D eigenvalue weighted by atomic mass is 16.5. The van der Waals surface area contributed by atoms with Crippen molar-refractivity contribution in [2.24, 2.45) is 11.7 Å². The lowest BCUT2D eigenvalue weighted by Crippen LogP contribution is -2.55. The SMILES string of the molecule is CC(C#N)CNC(=O)C1(N)CCOC1. The van der Waals surface area contributed by atoms with Crippen LogP contribution in [0.15, 0.2) is 0 Å². The number of nitrogens with two attached hydrogens (primary N) is 1. The maximum absolute atomic E-state index is 11.6. The number of ether oxygens (including phenoxy) is 1. The van der Waals surface area contributed by atoms with Gasteiger partial charge in [-0.05, 0) is 13.3 Å². The van der Waals surface area contributed by atoms with E-state index in [1.165, 1.54) is 0 Å². The van der Waals surface area contributed by atoms with Crippen molar-refractivity contribution in [3.63, 3.8) is 0 Å². The summed E-state index contributed by atoms with van der Waals surface area (Å²) in [7, 11) is 0. The van der Waals surface area contributed by atoms with Gasteiger partial charge in [-0.25, -0.2) is 0 Å². The summed E-state index contributed by atoms with van der Waals surface area (Å²) < 4.78 is 5.06. The number of carbonyl (C=O) groups is 1. The van der Waals surface area contributed by atoms with Crippen LogP contribution in [0.3, 0.4) is 0 Å². The molecule has 0 aromatic rings. The molecule has 0 spiro atoms. The van der Waals surface area contributed by atoms with E-state index < -0.39 is 5.54 Å². The van der Waals surface area contributed by atoms with Crippen molar-refractivity contribution < 1.29 is 9.53 Å². The smallest absolute Gasteiger partial charge is 0.242 e. The van der Waals surface area contributed by atoms with Crippen molar-refractivity contribution in [2.75, 3.05) is 19.8 Å². The lowest BCUT2D eigenvalue weighted by molar-refractivity contribution is -0.126. The van der Waals surface area contributed by atoms with Crippen molar-refractivity contribution in [3.05, 3.63) is 0 Å². The van der Waals surface area contributed by atoms with Crippen LogP contribution in [0.25, 0.3) is 0 Å². The highest BCUT2D eigenvalue weighted by Crippen LogP contribution is 2.15. The molecule has 5 heteroatoms. The fraction of sp³-hybridized carbons (Fsp3) is 0.778. The average molecular weight is 197 g/mol. The van der Waals surface area contributed by atoms with Gasteiger partial charge in [-0.3, -0.25) is 4.79 Å². The molecule has 1 rings (SSSR count). The summed E-state index contributed by atoms with van der Waals surface area (Å²) in [6, 6.07) is 2.04. The van der Waals surface area contributed by atoms with E-state index in [1.807, 2.05) is 6.07 Å². The molecule has 0 radical (unpaired) electrons. The Balaban J connectivity index is 2.38. The standard InChI is InChI=1S/C9H15N3O2/c1-7(4-10)5-12-8(13)9(11)2-3-14-6-9/h7H,2-3,5-6,11H2,1H3,(H,12,13). The van der Waals surface area contributed by atoms with Crippen LogP contribution < -0.4 is 11.1 Å². The Morgan fingerprint density at radius 1 is 1.86 bits per heavy atom. The van der Waals surface area contributed by atoms with Crippen LogP contribution in [-0.2, 0) is 9.53 Å². The topological polar surface area (TPSA) is 88.1 Å². The van der Waals surface area contributed by atoms with Gasteiger partial charge in [0.15, 0.2) is 0 Å². The molecule has 2 atom stereocenters. The summed E-state index contributed by atoms with van der Waals surface area (Å²) in [5.41, 5.74) is 4.92. The maximum atomic E-state index is 11.6. The third-order valence-electron chi connectivity index (χ3n) is 2.29. The Bertz CT molecular complexity index is 253. The quantitative estimate of drug-likeness (QED) is 0.631. The van der Waals surface area contributed by atoms with Crippen molar-refractivity contribution in [1.82, 2.24) is 5.32 Å². The zero-order chi connectivity index (χ0) is 10.6. The number of nitriles is 1. The molecule has 0 bridgehead atoms. The van der Waals surface area contributed by atoms with E-state index in [9.17, 15) is 4.79 Å². The number of amides is 1. The van der Waals surface area contributed by atoms with Crippen molar-refractivity contribution in [1.29, 1.82) is 5.26 Å². The highest BCUT2D eigenvalue weighted by molar-refractivity contribution is 5.86. The highest BCUT2D eigenvalue weighted by Gasteiger charge is 2.38. The van der Waals surface area contributed by atoms with Crippen LogP contribution >= 0.6 is 0 Å². The molecular formula is C9H15N3O2. The van der Waals surface area contributed by atoms with Gasteiger partial charge in [0.1, 0.15) is 5.54 Å². The number of hydrogen-bond acceptors (Lipinski definition) is 4. The lowest BCUT2D eigenvalue weighted by atomic mass is 9.99. The van der Waals surface area contributed by atoms with Gasteiger partial charge in [0.05, 0.1) is 18.6 Å². The van der Waals surface area contributed by atoms with Crippen LogP contribution in [0, 0.1) is 17.2 Å². The van der Waals surface area contributed by atoms with E-state index in [-0.39, 0.29) is 18.4 Å². The second kappa shape index (κ2) is 4.40. The lowest BCUT2D eigenvalue weighted by Gasteiger charge is -2.20. The molecule has 0 saturated carbocycles. The minimum absolute atomic E-state index is 0.190. The third kappa shape index (κ3) is 2.44. The minimum atomic E-state index is -0.894. The van der Waals surface area contributed by atoms with Gasteiger partial charge < -0.3 is 15.8 Å². The average Bonchev–Trinajstić information content (AvgIpc) is 2.62.